The Balaban J connectivity index is 1.51. The van der Waals surface area contributed by atoms with Crippen LogP contribution in [0.4, 0.5) is 11.5 Å². The highest BCUT2D eigenvalue weighted by Gasteiger charge is 2.24. The zero-order chi connectivity index (χ0) is 21.8. The van der Waals surface area contributed by atoms with E-state index in [1.54, 1.807) is 6.20 Å². The Morgan fingerprint density at radius 1 is 1.19 bits per heavy atom. The lowest BCUT2D eigenvalue weighted by atomic mass is 10.1. The van der Waals surface area contributed by atoms with E-state index in [1.165, 1.54) is 12.0 Å². The van der Waals surface area contributed by atoms with Crippen LogP contribution in [0.5, 0.6) is 0 Å². The third-order valence-electron chi connectivity index (χ3n) is 5.65. The quantitative estimate of drug-likeness (QED) is 0.642. The first-order chi connectivity index (χ1) is 15.0. The lowest BCUT2D eigenvalue weighted by molar-refractivity contribution is 0.102. The van der Waals surface area contributed by atoms with Gasteiger partial charge in [-0.25, -0.2) is 9.97 Å². The minimum absolute atomic E-state index is 0.111. The van der Waals surface area contributed by atoms with Gasteiger partial charge in [-0.15, -0.1) is 0 Å². The Morgan fingerprint density at radius 2 is 2.00 bits per heavy atom. The van der Waals surface area contributed by atoms with Crippen molar-refractivity contribution in [3.8, 4) is 11.3 Å². The van der Waals surface area contributed by atoms with Crippen LogP contribution < -0.4 is 11.1 Å². The summed E-state index contributed by atoms with van der Waals surface area (Å²) in [7, 11) is 4.28. The number of carbonyl (C=O) groups is 1. The Labute approximate surface area is 182 Å². The average molecular weight is 417 g/mol. The number of aromatic nitrogens is 2. The normalized spacial score (nSPS) is 16.5. The molecule has 7 heteroatoms. The van der Waals surface area contributed by atoms with Gasteiger partial charge in [-0.2, -0.15) is 0 Å². The Morgan fingerprint density at radius 3 is 2.74 bits per heavy atom. The number of amides is 1. The van der Waals surface area contributed by atoms with Crippen molar-refractivity contribution in [3.63, 3.8) is 0 Å². The van der Waals surface area contributed by atoms with Crippen LogP contribution in [0.25, 0.3) is 11.3 Å². The van der Waals surface area contributed by atoms with Gasteiger partial charge in [0.25, 0.3) is 5.91 Å². The first kappa shape index (κ1) is 21.0. The van der Waals surface area contributed by atoms with Crippen molar-refractivity contribution in [1.29, 1.82) is 0 Å². The minimum atomic E-state index is -0.374. The molecule has 31 heavy (non-hydrogen) atoms. The van der Waals surface area contributed by atoms with Gasteiger partial charge in [0.15, 0.2) is 11.5 Å². The smallest absolute Gasteiger partial charge is 0.278 e. The van der Waals surface area contributed by atoms with E-state index < -0.39 is 0 Å². The predicted octanol–water partition coefficient (Wildman–Crippen LogP) is 3.11. The summed E-state index contributed by atoms with van der Waals surface area (Å²) >= 11 is 0. The number of benzene rings is 2. The highest BCUT2D eigenvalue weighted by Crippen LogP contribution is 2.23. The molecular formula is C24H28N6O. The number of para-hydroxylation sites is 1. The average Bonchev–Trinajstić information content (AvgIpc) is 3.24. The molecule has 1 aliphatic rings. The molecule has 0 saturated carbocycles. The molecule has 0 aliphatic carbocycles. The van der Waals surface area contributed by atoms with Crippen molar-refractivity contribution < 1.29 is 4.79 Å². The number of nitrogens with two attached hydrogens (primary N) is 1. The second-order valence-electron chi connectivity index (χ2n) is 8.15. The fourth-order valence-corrected chi connectivity index (χ4v) is 3.88. The second kappa shape index (κ2) is 9.24. The zero-order valence-electron chi connectivity index (χ0n) is 18.0. The Bertz CT molecular complexity index is 1050. The molecule has 7 nitrogen and oxygen atoms in total. The molecule has 1 aliphatic heterocycles. The van der Waals surface area contributed by atoms with Crippen molar-refractivity contribution in [2.45, 2.75) is 19.0 Å². The van der Waals surface area contributed by atoms with Gasteiger partial charge in [0.1, 0.15) is 0 Å². The van der Waals surface area contributed by atoms with Crippen LogP contribution >= 0.6 is 0 Å². The van der Waals surface area contributed by atoms with Crippen LogP contribution in [0.2, 0.25) is 0 Å². The summed E-state index contributed by atoms with van der Waals surface area (Å²) < 4.78 is 0. The molecule has 3 aromatic rings. The molecule has 3 N–H and O–H groups in total. The summed E-state index contributed by atoms with van der Waals surface area (Å²) in [5, 5.41) is 2.82. The van der Waals surface area contributed by atoms with E-state index >= 15 is 0 Å². The number of nitrogen functional groups attached to an aromatic ring is 1. The van der Waals surface area contributed by atoms with Crippen LogP contribution in [0, 0.1) is 0 Å². The summed E-state index contributed by atoms with van der Waals surface area (Å²) in [6, 6.07) is 18.1. The van der Waals surface area contributed by atoms with E-state index in [-0.39, 0.29) is 17.4 Å². The maximum absolute atomic E-state index is 12.7. The van der Waals surface area contributed by atoms with Crippen molar-refractivity contribution in [2.75, 3.05) is 38.2 Å². The van der Waals surface area contributed by atoms with Gasteiger partial charge in [-0.1, -0.05) is 36.4 Å². The number of likely N-dealkylation sites (N-methyl/N-ethyl adjacent to an activating group) is 1. The van der Waals surface area contributed by atoms with Gasteiger partial charge in [-0.05, 0) is 44.3 Å². The molecule has 0 radical (unpaired) electrons. The summed E-state index contributed by atoms with van der Waals surface area (Å²) in [6.07, 6.45) is 2.81. The molecule has 1 aromatic heterocycles. The number of hydrogen-bond acceptors (Lipinski definition) is 6. The van der Waals surface area contributed by atoms with Crippen molar-refractivity contribution in [1.82, 2.24) is 19.8 Å². The number of rotatable bonds is 6. The SMILES string of the molecule is CN(C)[C@@H]1CCN(Cc2cccc(-c3cnc(N)c(C(=O)Nc4ccccc4)n3)c2)C1. The van der Waals surface area contributed by atoms with Gasteiger partial charge >= 0.3 is 0 Å². The Hall–Kier alpha value is -3.29. The topological polar surface area (TPSA) is 87.4 Å². The largest absolute Gasteiger partial charge is 0.382 e. The minimum Gasteiger partial charge on any atom is -0.382 e. The van der Waals surface area contributed by atoms with Gasteiger partial charge < -0.3 is 16.0 Å². The maximum Gasteiger partial charge on any atom is 0.278 e. The summed E-state index contributed by atoms with van der Waals surface area (Å²) in [5.74, 6) is -0.263. The summed E-state index contributed by atoms with van der Waals surface area (Å²) in [5.41, 5.74) is 9.52. The molecule has 2 aromatic carbocycles. The van der Waals surface area contributed by atoms with Crippen LogP contribution in [-0.4, -0.2) is 58.9 Å². The fraction of sp³-hybridized carbons (Fsp3) is 0.292. The van der Waals surface area contributed by atoms with E-state index in [4.69, 9.17) is 5.73 Å². The molecule has 0 unspecified atom stereocenters. The molecular weight excluding hydrogens is 388 g/mol. The molecule has 1 amide bonds. The first-order valence-electron chi connectivity index (χ1n) is 10.5. The van der Waals surface area contributed by atoms with Gasteiger partial charge in [0.2, 0.25) is 0 Å². The van der Waals surface area contributed by atoms with Gasteiger partial charge in [0, 0.05) is 36.9 Å². The first-order valence-corrected chi connectivity index (χ1v) is 10.5. The third-order valence-corrected chi connectivity index (χ3v) is 5.65. The van der Waals surface area contributed by atoms with Crippen LogP contribution in [0.1, 0.15) is 22.5 Å². The second-order valence-corrected chi connectivity index (χ2v) is 8.15. The van der Waals surface area contributed by atoms with Crippen LogP contribution in [0.3, 0.4) is 0 Å². The predicted molar refractivity (Wildman–Crippen MR) is 124 cm³/mol. The number of anilines is 2. The van der Waals surface area contributed by atoms with Crippen molar-refractivity contribution >= 4 is 17.4 Å². The molecule has 2 heterocycles. The van der Waals surface area contributed by atoms with Crippen LogP contribution in [0.15, 0.2) is 60.8 Å². The number of hydrogen-bond donors (Lipinski definition) is 2. The number of likely N-dealkylation sites (tertiary alicyclic amines) is 1. The molecule has 4 rings (SSSR count). The lowest BCUT2D eigenvalue weighted by Gasteiger charge is -2.20. The molecule has 160 valence electrons. The van der Waals surface area contributed by atoms with Gasteiger partial charge in [-0.3, -0.25) is 9.69 Å². The standard InChI is InChI=1S/C24H28N6O/c1-29(2)20-11-12-30(16-20)15-17-7-6-8-18(13-17)21-14-26-23(25)22(28-21)24(31)27-19-9-4-3-5-10-19/h3-10,13-14,20H,11-12,15-16H2,1-2H3,(H2,25,26)(H,27,31)/t20-/m1/s1. The molecule has 1 saturated heterocycles. The summed E-state index contributed by atoms with van der Waals surface area (Å²) in [6.45, 7) is 3.06. The van der Waals surface area contributed by atoms with Crippen LogP contribution in [-0.2, 0) is 6.54 Å². The maximum atomic E-state index is 12.7. The van der Waals surface area contributed by atoms with E-state index in [2.05, 4.69) is 51.3 Å². The lowest BCUT2D eigenvalue weighted by Crippen LogP contribution is -2.31. The van der Waals surface area contributed by atoms with E-state index in [1.807, 2.05) is 42.5 Å². The number of nitrogens with one attached hydrogen (secondary N) is 1. The van der Waals surface area contributed by atoms with E-state index in [9.17, 15) is 4.79 Å². The van der Waals surface area contributed by atoms with Crippen molar-refractivity contribution in [3.05, 3.63) is 72.1 Å². The molecule has 1 fully saturated rings. The molecule has 0 bridgehead atoms. The molecule has 0 spiro atoms. The van der Waals surface area contributed by atoms with E-state index in [0.717, 1.165) is 25.2 Å². The van der Waals surface area contributed by atoms with Gasteiger partial charge in [0.05, 0.1) is 11.9 Å². The number of carbonyl (C=O) groups excluding carboxylic acids is 1. The zero-order valence-corrected chi connectivity index (χ0v) is 18.0. The monoisotopic (exact) mass is 416 g/mol. The highest BCUT2D eigenvalue weighted by atomic mass is 16.1. The summed E-state index contributed by atoms with van der Waals surface area (Å²) in [4.78, 5) is 26.2. The van der Waals surface area contributed by atoms with E-state index in [0.29, 0.717) is 17.4 Å². The fourth-order valence-electron chi connectivity index (χ4n) is 3.88. The Kier molecular flexibility index (Phi) is 6.25. The number of nitrogens with zero attached hydrogens (tertiary/aromatic N) is 4. The third kappa shape index (κ3) is 5.07. The van der Waals surface area contributed by atoms with Crippen molar-refractivity contribution in [2.24, 2.45) is 0 Å². The molecule has 1 atom stereocenters. The highest BCUT2D eigenvalue weighted by molar-refractivity contribution is 6.05.